The lowest BCUT2D eigenvalue weighted by Crippen LogP contribution is -2.45. The number of allylic oxidation sites excluding steroid dienone is 5. The molecule has 430 valence electrons. The zero-order valence-electron chi connectivity index (χ0n) is 49.1. The van der Waals surface area contributed by atoms with Crippen molar-refractivity contribution >= 4 is 11.9 Å². The third-order valence-corrected chi connectivity index (χ3v) is 15.1. The second-order valence-electron chi connectivity index (χ2n) is 22.5. The number of carbonyl (C=O) groups is 2. The summed E-state index contributed by atoms with van der Waals surface area (Å²) >= 11 is 0. The topological polar surface area (TPSA) is 95.9 Å². The van der Waals surface area contributed by atoms with Crippen molar-refractivity contribution in [2.24, 2.45) is 0 Å². The van der Waals surface area contributed by atoms with Gasteiger partial charge in [0.05, 0.1) is 25.4 Å². The second-order valence-corrected chi connectivity index (χ2v) is 22.5. The number of aliphatic hydroxyl groups excluding tert-OH is 2. The van der Waals surface area contributed by atoms with Gasteiger partial charge in [0.25, 0.3) is 0 Å². The maximum atomic E-state index is 12.5. The van der Waals surface area contributed by atoms with Crippen molar-refractivity contribution in [3.05, 3.63) is 36.5 Å². The Bertz CT molecular complexity index is 1180. The van der Waals surface area contributed by atoms with Crippen LogP contribution in [0, 0.1) is 0 Å². The molecule has 2 atom stereocenters. The monoisotopic (exact) mass is 1030 g/mol. The highest BCUT2D eigenvalue weighted by molar-refractivity contribution is 5.76. The fourth-order valence-corrected chi connectivity index (χ4v) is 10.1. The van der Waals surface area contributed by atoms with Crippen LogP contribution < -0.4 is 5.32 Å². The van der Waals surface area contributed by atoms with E-state index in [2.05, 4.69) is 43.5 Å². The lowest BCUT2D eigenvalue weighted by Gasteiger charge is -2.20. The van der Waals surface area contributed by atoms with Gasteiger partial charge in [0, 0.05) is 12.8 Å². The first-order chi connectivity index (χ1) is 36.0. The van der Waals surface area contributed by atoms with Crippen LogP contribution in [-0.4, -0.2) is 47.4 Å². The predicted octanol–water partition coefficient (Wildman–Crippen LogP) is 20.8. The van der Waals surface area contributed by atoms with Crippen molar-refractivity contribution in [1.82, 2.24) is 5.32 Å². The van der Waals surface area contributed by atoms with Crippen molar-refractivity contribution in [1.29, 1.82) is 0 Å². The molecule has 0 aliphatic rings. The number of amides is 1. The smallest absolute Gasteiger partial charge is 0.305 e. The summed E-state index contributed by atoms with van der Waals surface area (Å²) in [6.07, 6.45) is 79.3. The fourth-order valence-electron chi connectivity index (χ4n) is 10.1. The van der Waals surface area contributed by atoms with Crippen LogP contribution in [0.5, 0.6) is 0 Å². The predicted molar refractivity (Wildman–Crippen MR) is 319 cm³/mol. The van der Waals surface area contributed by atoms with E-state index in [1.807, 2.05) is 6.08 Å². The molecule has 0 aliphatic carbocycles. The minimum absolute atomic E-state index is 0.00435. The zero-order valence-corrected chi connectivity index (χ0v) is 49.1. The largest absolute Gasteiger partial charge is 0.466 e. The molecule has 6 nitrogen and oxygen atoms in total. The highest BCUT2D eigenvalue weighted by Crippen LogP contribution is 2.18. The molecule has 3 N–H and O–H groups in total. The highest BCUT2D eigenvalue weighted by Gasteiger charge is 2.18. The van der Waals surface area contributed by atoms with E-state index in [4.69, 9.17) is 4.74 Å². The van der Waals surface area contributed by atoms with Crippen molar-refractivity contribution in [2.75, 3.05) is 13.2 Å². The summed E-state index contributed by atoms with van der Waals surface area (Å²) in [5, 5.41) is 23.1. The van der Waals surface area contributed by atoms with E-state index in [-0.39, 0.29) is 18.5 Å². The standard InChI is InChI=1S/C67H127NO5/c1-3-5-7-9-11-13-15-35-39-43-47-51-55-59-65(70)64(63-69)68-66(71)60-56-52-48-44-40-37-33-31-29-27-25-23-21-19-17-18-20-22-24-26-28-30-32-34-38-42-46-50-54-58-62-73-67(72)61-57-53-49-45-41-36-16-14-12-10-8-6-4-2/h8,10,14,16,55,59,64-65,69-70H,3-7,9,11-13,15,17-54,56-58,60-63H2,1-2H3,(H,68,71)/b10-8-,16-14-,59-55+. The van der Waals surface area contributed by atoms with Crippen molar-refractivity contribution < 1.29 is 24.5 Å². The molecule has 0 aromatic heterocycles. The molecule has 1 amide bonds. The lowest BCUT2D eigenvalue weighted by atomic mass is 10.0. The molecule has 0 aromatic rings. The summed E-state index contributed by atoms with van der Waals surface area (Å²) in [6.45, 7) is 4.85. The maximum absolute atomic E-state index is 12.5. The molecule has 0 aromatic carbocycles. The van der Waals surface area contributed by atoms with Gasteiger partial charge in [-0.2, -0.15) is 0 Å². The summed E-state index contributed by atoms with van der Waals surface area (Å²) in [5.74, 6) is -0.0589. The lowest BCUT2D eigenvalue weighted by molar-refractivity contribution is -0.143. The van der Waals surface area contributed by atoms with E-state index in [1.165, 1.54) is 276 Å². The number of carbonyl (C=O) groups excluding carboxylic acids is 2. The summed E-state index contributed by atoms with van der Waals surface area (Å²) in [6, 6.07) is -0.624. The Morgan fingerprint density at radius 1 is 0.384 bits per heavy atom. The summed E-state index contributed by atoms with van der Waals surface area (Å²) in [5.41, 5.74) is 0. The first-order valence-electron chi connectivity index (χ1n) is 32.8. The number of nitrogens with one attached hydrogen (secondary N) is 1. The summed E-state index contributed by atoms with van der Waals surface area (Å²) in [7, 11) is 0. The maximum Gasteiger partial charge on any atom is 0.305 e. The molecule has 0 saturated heterocycles. The van der Waals surface area contributed by atoms with Crippen LogP contribution in [0.4, 0.5) is 0 Å². The average Bonchev–Trinajstić information content (AvgIpc) is 3.39. The van der Waals surface area contributed by atoms with Crippen LogP contribution >= 0.6 is 0 Å². The molecular weight excluding hydrogens is 899 g/mol. The minimum Gasteiger partial charge on any atom is -0.466 e. The number of ether oxygens (including phenoxy) is 1. The van der Waals surface area contributed by atoms with Gasteiger partial charge >= 0.3 is 5.97 Å². The quantitative estimate of drug-likeness (QED) is 0.0320. The van der Waals surface area contributed by atoms with Crippen LogP contribution in [0.3, 0.4) is 0 Å². The molecule has 0 heterocycles. The zero-order chi connectivity index (χ0) is 52.9. The number of hydrogen-bond donors (Lipinski definition) is 3. The first kappa shape index (κ1) is 71.1. The molecule has 2 unspecified atom stereocenters. The van der Waals surface area contributed by atoms with Crippen LogP contribution in [0.25, 0.3) is 0 Å². The molecule has 0 aliphatic heterocycles. The molecule has 0 spiro atoms. The Hall–Kier alpha value is -1.92. The van der Waals surface area contributed by atoms with E-state index in [1.54, 1.807) is 6.08 Å². The molecule has 0 fully saturated rings. The number of aliphatic hydroxyl groups is 2. The van der Waals surface area contributed by atoms with Crippen LogP contribution in [0.1, 0.15) is 354 Å². The van der Waals surface area contributed by atoms with Gasteiger partial charge in [0.1, 0.15) is 0 Å². The van der Waals surface area contributed by atoms with Gasteiger partial charge in [0.15, 0.2) is 0 Å². The Morgan fingerprint density at radius 3 is 1.10 bits per heavy atom. The SMILES string of the molecule is CCC/C=C\C/C=C\CCCCCCCC(=O)OCCCCCCCCCCCCCCCCCCCCCCCCCCCCCCCCC(=O)NC(CO)C(O)/C=C/CCCCCCCCCCCCC. The third kappa shape index (κ3) is 59.2. The first-order valence-corrected chi connectivity index (χ1v) is 32.8. The second kappa shape index (κ2) is 62.6. The van der Waals surface area contributed by atoms with Gasteiger partial charge in [-0.25, -0.2) is 0 Å². The Labute approximate surface area is 455 Å². The van der Waals surface area contributed by atoms with Gasteiger partial charge in [0.2, 0.25) is 5.91 Å². The van der Waals surface area contributed by atoms with Crippen molar-refractivity contribution in [2.45, 2.75) is 366 Å². The van der Waals surface area contributed by atoms with Crippen LogP contribution in [0.2, 0.25) is 0 Å². The van der Waals surface area contributed by atoms with Crippen LogP contribution in [-0.2, 0) is 14.3 Å². The van der Waals surface area contributed by atoms with E-state index in [0.717, 1.165) is 51.4 Å². The van der Waals surface area contributed by atoms with Gasteiger partial charge in [-0.3, -0.25) is 9.59 Å². The molecular formula is C67H127NO5. The Balaban J connectivity index is 3.34. The average molecular weight is 1030 g/mol. The van der Waals surface area contributed by atoms with Crippen molar-refractivity contribution in [3.8, 4) is 0 Å². The van der Waals surface area contributed by atoms with E-state index in [9.17, 15) is 19.8 Å². The van der Waals surface area contributed by atoms with E-state index in [0.29, 0.717) is 19.4 Å². The van der Waals surface area contributed by atoms with Gasteiger partial charge in [-0.15, -0.1) is 0 Å². The molecule has 0 bridgehead atoms. The molecule has 73 heavy (non-hydrogen) atoms. The molecule has 0 saturated carbocycles. The van der Waals surface area contributed by atoms with Gasteiger partial charge < -0.3 is 20.3 Å². The molecule has 0 radical (unpaired) electrons. The van der Waals surface area contributed by atoms with E-state index >= 15 is 0 Å². The number of esters is 1. The number of rotatable bonds is 61. The van der Waals surface area contributed by atoms with Gasteiger partial charge in [-0.05, 0) is 57.8 Å². The Morgan fingerprint density at radius 2 is 0.712 bits per heavy atom. The minimum atomic E-state index is -0.841. The van der Waals surface area contributed by atoms with Gasteiger partial charge in [-0.1, -0.05) is 320 Å². The number of unbranched alkanes of at least 4 members (excludes halogenated alkanes) is 46. The fraction of sp³-hybridized carbons (Fsp3) is 0.881. The summed E-state index contributed by atoms with van der Waals surface area (Å²) < 4.78 is 5.47. The number of hydrogen-bond acceptors (Lipinski definition) is 5. The molecule has 6 heteroatoms. The molecule has 0 rings (SSSR count). The van der Waals surface area contributed by atoms with Crippen molar-refractivity contribution in [3.63, 3.8) is 0 Å². The summed E-state index contributed by atoms with van der Waals surface area (Å²) in [4.78, 5) is 24.5. The van der Waals surface area contributed by atoms with Crippen LogP contribution in [0.15, 0.2) is 36.5 Å². The highest BCUT2D eigenvalue weighted by atomic mass is 16.5. The van der Waals surface area contributed by atoms with E-state index < -0.39 is 12.1 Å². The Kier molecular flexibility index (Phi) is 61.0. The third-order valence-electron chi connectivity index (χ3n) is 15.1. The normalized spacial score (nSPS) is 12.8.